The number of aromatic hydroxyl groups is 1. The molecule has 0 aliphatic carbocycles. The second-order valence-corrected chi connectivity index (χ2v) is 4.83. The van der Waals surface area contributed by atoms with E-state index < -0.39 is 11.7 Å². The van der Waals surface area contributed by atoms with Crippen molar-refractivity contribution in [3.63, 3.8) is 0 Å². The molecule has 3 nitrogen and oxygen atoms in total. The molecular weight excluding hydrogens is 313 g/mol. The van der Waals surface area contributed by atoms with Crippen LogP contribution in [0.2, 0.25) is 0 Å². The Labute approximate surface area is 118 Å². The Hall–Kier alpha value is -1.88. The number of hydrogen-bond acceptors (Lipinski definition) is 2. The quantitative estimate of drug-likeness (QED) is 0.917. The number of carbonyl (C=O) groups is 1. The lowest BCUT2D eigenvalue weighted by Crippen LogP contribution is -2.27. The number of nitrogens with zero attached hydrogens (tertiary/aromatic N) is 1. The van der Waals surface area contributed by atoms with Gasteiger partial charge in [-0.3, -0.25) is 4.79 Å². The summed E-state index contributed by atoms with van der Waals surface area (Å²) in [6, 6.07) is 10.5. The third-order valence-electron chi connectivity index (χ3n) is 2.72. The van der Waals surface area contributed by atoms with Crippen LogP contribution in [0.5, 0.6) is 5.75 Å². The van der Waals surface area contributed by atoms with E-state index in [1.807, 2.05) is 0 Å². The van der Waals surface area contributed by atoms with Crippen molar-refractivity contribution in [3.05, 3.63) is 58.3 Å². The fraction of sp³-hybridized carbons (Fsp3) is 0.0714. The molecule has 0 saturated heterocycles. The van der Waals surface area contributed by atoms with E-state index in [-0.39, 0.29) is 11.3 Å². The van der Waals surface area contributed by atoms with Crippen LogP contribution in [-0.4, -0.2) is 18.1 Å². The van der Waals surface area contributed by atoms with Gasteiger partial charge in [0.05, 0.1) is 5.56 Å². The van der Waals surface area contributed by atoms with Crippen LogP contribution in [-0.2, 0) is 0 Å². The first kappa shape index (κ1) is 13.5. The summed E-state index contributed by atoms with van der Waals surface area (Å²) in [6.07, 6.45) is 0. The lowest BCUT2D eigenvalue weighted by atomic mass is 10.1. The SMILES string of the molecule is CN(C(=O)c1c(F)cccc1Br)c1ccc(O)cc1. The summed E-state index contributed by atoms with van der Waals surface area (Å²) in [5.74, 6) is -0.933. The Balaban J connectivity index is 2.36. The van der Waals surface area contributed by atoms with E-state index in [9.17, 15) is 14.3 Å². The van der Waals surface area contributed by atoms with Gasteiger partial charge in [0.1, 0.15) is 11.6 Å². The zero-order chi connectivity index (χ0) is 14.0. The number of hydrogen-bond donors (Lipinski definition) is 1. The first-order valence-corrected chi connectivity index (χ1v) is 6.31. The van der Waals surface area contributed by atoms with Crippen molar-refractivity contribution in [1.29, 1.82) is 0 Å². The van der Waals surface area contributed by atoms with Crippen LogP contribution in [0.3, 0.4) is 0 Å². The van der Waals surface area contributed by atoms with E-state index in [0.717, 1.165) is 0 Å². The van der Waals surface area contributed by atoms with E-state index in [4.69, 9.17) is 0 Å². The summed E-state index contributed by atoms with van der Waals surface area (Å²) in [5.41, 5.74) is 0.552. The van der Waals surface area contributed by atoms with Gasteiger partial charge in [-0.1, -0.05) is 6.07 Å². The summed E-state index contributed by atoms with van der Waals surface area (Å²) < 4.78 is 14.1. The van der Waals surface area contributed by atoms with Crippen molar-refractivity contribution in [2.75, 3.05) is 11.9 Å². The van der Waals surface area contributed by atoms with Crippen LogP contribution in [0.4, 0.5) is 10.1 Å². The monoisotopic (exact) mass is 323 g/mol. The molecule has 98 valence electrons. The van der Waals surface area contributed by atoms with Gasteiger partial charge in [0, 0.05) is 17.2 Å². The maximum Gasteiger partial charge on any atom is 0.262 e. The van der Waals surface area contributed by atoms with Gasteiger partial charge >= 0.3 is 0 Å². The molecule has 0 saturated carbocycles. The minimum Gasteiger partial charge on any atom is -0.508 e. The number of phenolic OH excluding ortho intramolecular Hbond substituents is 1. The van der Waals surface area contributed by atoms with Gasteiger partial charge in [-0.05, 0) is 52.3 Å². The van der Waals surface area contributed by atoms with Crippen molar-refractivity contribution in [2.24, 2.45) is 0 Å². The smallest absolute Gasteiger partial charge is 0.262 e. The van der Waals surface area contributed by atoms with Gasteiger partial charge in [-0.15, -0.1) is 0 Å². The molecule has 5 heteroatoms. The lowest BCUT2D eigenvalue weighted by molar-refractivity contribution is 0.0988. The fourth-order valence-electron chi connectivity index (χ4n) is 1.66. The molecule has 0 aromatic heterocycles. The standard InChI is InChI=1S/C14H11BrFNO2/c1-17(9-5-7-10(18)8-6-9)14(19)13-11(15)3-2-4-12(13)16/h2-8,18H,1H3. The number of phenols is 1. The normalized spacial score (nSPS) is 10.3. The molecule has 2 aromatic rings. The Morgan fingerprint density at radius 1 is 1.21 bits per heavy atom. The number of benzene rings is 2. The molecule has 1 amide bonds. The van der Waals surface area contributed by atoms with Gasteiger partial charge in [-0.2, -0.15) is 0 Å². The highest BCUT2D eigenvalue weighted by molar-refractivity contribution is 9.10. The maximum absolute atomic E-state index is 13.7. The molecule has 0 bridgehead atoms. The molecule has 19 heavy (non-hydrogen) atoms. The molecule has 0 aliphatic heterocycles. The third kappa shape index (κ3) is 2.76. The topological polar surface area (TPSA) is 40.5 Å². The molecule has 2 rings (SSSR count). The van der Waals surface area contributed by atoms with Crippen molar-refractivity contribution in [1.82, 2.24) is 0 Å². The second kappa shape index (κ2) is 5.40. The van der Waals surface area contributed by atoms with Gasteiger partial charge in [0.25, 0.3) is 5.91 Å². The highest BCUT2D eigenvalue weighted by Gasteiger charge is 2.20. The summed E-state index contributed by atoms with van der Waals surface area (Å²) in [4.78, 5) is 13.6. The summed E-state index contributed by atoms with van der Waals surface area (Å²) in [7, 11) is 1.55. The van der Waals surface area contributed by atoms with Gasteiger partial charge in [-0.25, -0.2) is 4.39 Å². The van der Waals surface area contributed by atoms with Gasteiger partial charge in [0.2, 0.25) is 0 Å². The molecule has 1 N–H and O–H groups in total. The molecule has 0 heterocycles. The first-order valence-electron chi connectivity index (χ1n) is 5.52. The van der Waals surface area contributed by atoms with E-state index >= 15 is 0 Å². The molecule has 2 aromatic carbocycles. The van der Waals surface area contributed by atoms with Crippen molar-refractivity contribution >= 4 is 27.5 Å². The number of halogens is 2. The molecule has 0 aliphatic rings. The molecule has 0 spiro atoms. The van der Waals surface area contributed by atoms with Crippen LogP contribution < -0.4 is 4.90 Å². The molecule has 0 unspecified atom stereocenters. The summed E-state index contributed by atoms with van der Waals surface area (Å²) in [5, 5.41) is 9.21. The first-order chi connectivity index (χ1) is 9.00. The largest absolute Gasteiger partial charge is 0.508 e. The van der Waals surface area contributed by atoms with Gasteiger partial charge in [0.15, 0.2) is 0 Å². The highest BCUT2D eigenvalue weighted by atomic mass is 79.9. The van der Waals surface area contributed by atoms with Gasteiger partial charge < -0.3 is 10.0 Å². The second-order valence-electron chi connectivity index (χ2n) is 3.98. The predicted molar refractivity (Wildman–Crippen MR) is 74.9 cm³/mol. The molecular formula is C14H11BrFNO2. The Bertz CT molecular complexity index is 593. The molecule has 0 atom stereocenters. The Morgan fingerprint density at radius 2 is 1.84 bits per heavy atom. The minimum atomic E-state index is -0.579. The van der Waals surface area contributed by atoms with Crippen LogP contribution in [0, 0.1) is 5.82 Å². The van der Waals surface area contributed by atoms with E-state index in [0.29, 0.717) is 10.2 Å². The number of amides is 1. The third-order valence-corrected chi connectivity index (χ3v) is 3.38. The Morgan fingerprint density at radius 3 is 2.42 bits per heavy atom. The highest BCUT2D eigenvalue weighted by Crippen LogP contribution is 2.24. The van der Waals surface area contributed by atoms with Crippen LogP contribution in [0.25, 0.3) is 0 Å². The molecule has 0 fully saturated rings. The van der Waals surface area contributed by atoms with Crippen LogP contribution in [0.15, 0.2) is 46.9 Å². The lowest BCUT2D eigenvalue weighted by Gasteiger charge is -2.18. The summed E-state index contributed by atoms with van der Waals surface area (Å²) in [6.45, 7) is 0. The molecule has 0 radical (unpaired) electrons. The average Bonchev–Trinajstić information content (AvgIpc) is 2.38. The van der Waals surface area contributed by atoms with Crippen molar-refractivity contribution in [3.8, 4) is 5.75 Å². The van der Waals surface area contributed by atoms with Crippen LogP contribution >= 0.6 is 15.9 Å². The number of anilines is 1. The summed E-state index contributed by atoms with van der Waals surface area (Å²) >= 11 is 3.17. The van der Waals surface area contributed by atoms with Crippen LogP contribution in [0.1, 0.15) is 10.4 Å². The number of carbonyl (C=O) groups excluding carboxylic acids is 1. The van der Waals surface area contributed by atoms with E-state index in [2.05, 4.69) is 15.9 Å². The Kier molecular flexibility index (Phi) is 3.85. The zero-order valence-electron chi connectivity index (χ0n) is 10.1. The van der Waals surface area contributed by atoms with Crippen molar-refractivity contribution in [2.45, 2.75) is 0 Å². The predicted octanol–water partition coefficient (Wildman–Crippen LogP) is 3.57. The maximum atomic E-state index is 13.7. The fourth-order valence-corrected chi connectivity index (χ4v) is 2.17. The zero-order valence-corrected chi connectivity index (χ0v) is 11.7. The minimum absolute atomic E-state index is 0.0157. The average molecular weight is 324 g/mol. The van der Waals surface area contributed by atoms with Crippen molar-refractivity contribution < 1.29 is 14.3 Å². The van der Waals surface area contributed by atoms with E-state index in [1.54, 1.807) is 25.2 Å². The van der Waals surface area contributed by atoms with E-state index in [1.165, 1.54) is 29.2 Å². The number of rotatable bonds is 2.